The van der Waals surface area contributed by atoms with E-state index in [9.17, 15) is 4.79 Å². The van der Waals surface area contributed by atoms with Crippen LogP contribution in [0.2, 0.25) is 0 Å². The van der Waals surface area contributed by atoms with Crippen LogP contribution in [0.25, 0.3) is 0 Å². The fourth-order valence-corrected chi connectivity index (χ4v) is 1.93. The summed E-state index contributed by atoms with van der Waals surface area (Å²) in [7, 11) is 0. The van der Waals surface area contributed by atoms with Crippen LogP contribution >= 0.6 is 15.9 Å². The number of carbonyl (C=O) groups is 1. The van der Waals surface area contributed by atoms with Gasteiger partial charge in [-0.1, -0.05) is 28.1 Å². The molecule has 4 nitrogen and oxygen atoms in total. The number of H-pyrrole nitrogens is 1. The van der Waals surface area contributed by atoms with Crippen LogP contribution in [0.15, 0.2) is 41.1 Å². The largest absolute Gasteiger partial charge is 0.343 e. The molecule has 5 heteroatoms. The molecule has 1 amide bonds. The molecule has 0 fully saturated rings. The molecule has 0 bridgehead atoms. The minimum atomic E-state index is -0.435. The molecule has 0 aliphatic rings. The quantitative estimate of drug-likeness (QED) is 0.916. The van der Waals surface area contributed by atoms with E-state index in [1.54, 1.807) is 6.20 Å². The summed E-state index contributed by atoms with van der Waals surface area (Å²) in [5, 5.41) is 9.37. The predicted octanol–water partition coefficient (Wildman–Crippen LogP) is 2.84. The molecule has 94 valence electrons. The Morgan fingerprint density at radius 2 is 2.00 bits per heavy atom. The van der Waals surface area contributed by atoms with Crippen molar-refractivity contribution in [3.05, 3.63) is 52.3 Å². The Balaban J connectivity index is 2.16. The summed E-state index contributed by atoms with van der Waals surface area (Å²) >= 11 is 3.39. The molecule has 18 heavy (non-hydrogen) atoms. The van der Waals surface area contributed by atoms with Crippen molar-refractivity contribution >= 4 is 21.8 Å². The van der Waals surface area contributed by atoms with Crippen LogP contribution < -0.4 is 5.32 Å². The third-order valence-electron chi connectivity index (χ3n) is 2.75. The first kappa shape index (κ1) is 12.8. The van der Waals surface area contributed by atoms with Gasteiger partial charge in [-0.3, -0.25) is 9.89 Å². The maximum absolute atomic E-state index is 12.0. The first-order chi connectivity index (χ1) is 8.49. The van der Waals surface area contributed by atoms with Crippen LogP contribution in [0.3, 0.4) is 0 Å². The number of carbonyl (C=O) groups excluding carboxylic acids is 1. The van der Waals surface area contributed by atoms with Crippen molar-refractivity contribution in [3.8, 4) is 0 Å². The number of amides is 1. The molecule has 2 N–H and O–H groups in total. The van der Waals surface area contributed by atoms with Crippen molar-refractivity contribution in [2.24, 2.45) is 0 Å². The lowest BCUT2D eigenvalue weighted by atomic mass is 9.94. The number of nitrogens with zero attached hydrogens (tertiary/aromatic N) is 1. The summed E-state index contributed by atoms with van der Waals surface area (Å²) in [6, 6.07) is 7.89. The summed E-state index contributed by atoms with van der Waals surface area (Å²) in [6.45, 7) is 3.93. The van der Waals surface area contributed by atoms with Crippen LogP contribution in [-0.4, -0.2) is 16.1 Å². The van der Waals surface area contributed by atoms with Crippen molar-refractivity contribution in [2.45, 2.75) is 19.4 Å². The molecule has 0 saturated carbocycles. The Morgan fingerprint density at radius 1 is 1.33 bits per heavy atom. The summed E-state index contributed by atoms with van der Waals surface area (Å²) in [6.07, 6.45) is 3.08. The Labute approximate surface area is 114 Å². The zero-order valence-electron chi connectivity index (χ0n) is 10.2. The summed E-state index contributed by atoms with van der Waals surface area (Å²) < 4.78 is 1.02. The lowest BCUT2D eigenvalue weighted by molar-refractivity contribution is 0.0912. The van der Waals surface area contributed by atoms with Gasteiger partial charge >= 0.3 is 0 Å². The van der Waals surface area contributed by atoms with Crippen molar-refractivity contribution in [1.29, 1.82) is 0 Å². The highest BCUT2D eigenvalue weighted by Crippen LogP contribution is 2.22. The average molecular weight is 308 g/mol. The number of rotatable bonds is 3. The molecule has 0 aliphatic carbocycles. The fraction of sp³-hybridized carbons (Fsp3) is 0.231. The van der Waals surface area contributed by atoms with E-state index in [2.05, 4.69) is 31.4 Å². The van der Waals surface area contributed by atoms with Crippen LogP contribution in [0, 0.1) is 0 Å². The standard InChI is InChI=1S/C13H14BrN3O/c1-13(2,10-3-5-11(14)6-4-10)17-12(18)9-7-15-16-8-9/h3-8H,1-2H3,(H,15,16)(H,17,18). The molecule has 1 aromatic heterocycles. The smallest absolute Gasteiger partial charge is 0.255 e. The van der Waals surface area contributed by atoms with Gasteiger partial charge in [-0.25, -0.2) is 0 Å². The van der Waals surface area contributed by atoms with Gasteiger partial charge in [0, 0.05) is 10.7 Å². The number of benzene rings is 1. The van der Waals surface area contributed by atoms with Crippen LogP contribution in [-0.2, 0) is 5.54 Å². The van der Waals surface area contributed by atoms with Crippen LogP contribution in [0.1, 0.15) is 29.8 Å². The average Bonchev–Trinajstić information content (AvgIpc) is 2.82. The Hall–Kier alpha value is -1.62. The minimum absolute atomic E-state index is 0.142. The van der Waals surface area contributed by atoms with Gasteiger partial charge in [-0.2, -0.15) is 5.10 Å². The molecule has 0 saturated heterocycles. The molecule has 1 heterocycles. The molecule has 0 atom stereocenters. The lowest BCUT2D eigenvalue weighted by Gasteiger charge is -2.26. The predicted molar refractivity (Wildman–Crippen MR) is 73.2 cm³/mol. The van der Waals surface area contributed by atoms with E-state index in [1.165, 1.54) is 6.20 Å². The van der Waals surface area contributed by atoms with Crippen molar-refractivity contribution in [1.82, 2.24) is 15.5 Å². The van der Waals surface area contributed by atoms with E-state index >= 15 is 0 Å². The van der Waals surface area contributed by atoms with E-state index in [-0.39, 0.29) is 5.91 Å². The summed E-state index contributed by atoms with van der Waals surface area (Å²) in [5.41, 5.74) is 1.14. The third kappa shape index (κ3) is 2.79. The van der Waals surface area contributed by atoms with Gasteiger partial charge < -0.3 is 5.32 Å². The summed E-state index contributed by atoms with van der Waals surface area (Å²) in [4.78, 5) is 12.0. The second-order valence-corrected chi connectivity index (χ2v) is 5.49. The molecular formula is C13H14BrN3O. The van der Waals surface area contributed by atoms with Gasteiger partial charge in [0.05, 0.1) is 17.3 Å². The maximum Gasteiger partial charge on any atom is 0.255 e. The lowest BCUT2D eigenvalue weighted by Crippen LogP contribution is -2.40. The number of hydrogen-bond acceptors (Lipinski definition) is 2. The highest BCUT2D eigenvalue weighted by atomic mass is 79.9. The van der Waals surface area contributed by atoms with E-state index in [1.807, 2.05) is 38.1 Å². The molecule has 0 radical (unpaired) electrons. The van der Waals surface area contributed by atoms with Crippen molar-refractivity contribution < 1.29 is 4.79 Å². The molecular weight excluding hydrogens is 294 g/mol. The van der Waals surface area contributed by atoms with E-state index < -0.39 is 5.54 Å². The van der Waals surface area contributed by atoms with Crippen LogP contribution in [0.5, 0.6) is 0 Å². The molecule has 0 unspecified atom stereocenters. The number of hydrogen-bond donors (Lipinski definition) is 2. The zero-order valence-corrected chi connectivity index (χ0v) is 11.8. The second-order valence-electron chi connectivity index (χ2n) is 4.57. The van der Waals surface area contributed by atoms with E-state index in [0.717, 1.165) is 10.0 Å². The van der Waals surface area contributed by atoms with E-state index in [0.29, 0.717) is 5.56 Å². The normalized spacial score (nSPS) is 11.3. The number of aromatic nitrogens is 2. The maximum atomic E-state index is 12.0. The molecule has 0 aliphatic heterocycles. The Bertz CT molecular complexity index is 532. The third-order valence-corrected chi connectivity index (χ3v) is 3.28. The zero-order chi connectivity index (χ0) is 13.2. The number of aromatic amines is 1. The molecule has 1 aromatic carbocycles. The number of nitrogens with one attached hydrogen (secondary N) is 2. The molecule has 0 spiro atoms. The Kier molecular flexibility index (Phi) is 3.52. The fourth-order valence-electron chi connectivity index (χ4n) is 1.67. The molecule has 2 rings (SSSR count). The minimum Gasteiger partial charge on any atom is -0.343 e. The van der Waals surface area contributed by atoms with Gasteiger partial charge in [0.15, 0.2) is 0 Å². The van der Waals surface area contributed by atoms with Gasteiger partial charge in [0.1, 0.15) is 0 Å². The second kappa shape index (κ2) is 4.94. The van der Waals surface area contributed by atoms with Gasteiger partial charge in [0.2, 0.25) is 0 Å². The van der Waals surface area contributed by atoms with Gasteiger partial charge in [-0.15, -0.1) is 0 Å². The topological polar surface area (TPSA) is 57.8 Å². The monoisotopic (exact) mass is 307 g/mol. The number of halogens is 1. The molecule has 2 aromatic rings. The van der Waals surface area contributed by atoms with Crippen molar-refractivity contribution in [2.75, 3.05) is 0 Å². The highest BCUT2D eigenvalue weighted by Gasteiger charge is 2.23. The summed E-state index contributed by atoms with van der Waals surface area (Å²) in [5.74, 6) is -0.142. The first-order valence-corrected chi connectivity index (χ1v) is 6.36. The highest BCUT2D eigenvalue weighted by molar-refractivity contribution is 9.10. The van der Waals surface area contributed by atoms with Crippen molar-refractivity contribution in [3.63, 3.8) is 0 Å². The first-order valence-electron chi connectivity index (χ1n) is 5.56. The Morgan fingerprint density at radius 3 is 2.56 bits per heavy atom. The van der Waals surface area contributed by atoms with Gasteiger partial charge in [-0.05, 0) is 31.5 Å². The van der Waals surface area contributed by atoms with Crippen LogP contribution in [0.4, 0.5) is 0 Å². The SMILES string of the molecule is CC(C)(NC(=O)c1cn[nH]c1)c1ccc(Br)cc1. The van der Waals surface area contributed by atoms with Gasteiger partial charge in [0.25, 0.3) is 5.91 Å². The van der Waals surface area contributed by atoms with E-state index in [4.69, 9.17) is 0 Å².